The lowest BCUT2D eigenvalue weighted by Gasteiger charge is -2.30. The smallest absolute Gasteiger partial charge is 0.116 e. The molecule has 2 heterocycles. The Bertz CT molecular complexity index is 765. The van der Waals surface area contributed by atoms with E-state index in [1.54, 1.807) is 0 Å². The van der Waals surface area contributed by atoms with Gasteiger partial charge < -0.3 is 9.13 Å². The van der Waals surface area contributed by atoms with Gasteiger partial charge in [0.15, 0.2) is 0 Å². The normalized spacial score (nSPS) is 12.7. The third kappa shape index (κ3) is 10.0. The van der Waals surface area contributed by atoms with Crippen LogP contribution in [0.1, 0.15) is 65.9 Å². The highest BCUT2D eigenvalue weighted by molar-refractivity contribution is 5.18. The van der Waals surface area contributed by atoms with Crippen molar-refractivity contribution in [3.05, 3.63) is 84.9 Å². The van der Waals surface area contributed by atoms with E-state index in [9.17, 15) is 0 Å². The first kappa shape index (κ1) is 26.7. The van der Waals surface area contributed by atoms with Gasteiger partial charge in [0.05, 0.1) is 6.54 Å². The van der Waals surface area contributed by atoms with Gasteiger partial charge in [-0.3, -0.25) is 5.26 Å². The summed E-state index contributed by atoms with van der Waals surface area (Å²) in [7, 11) is 0. The molecule has 2 aromatic heterocycles. The molecule has 0 saturated carbocycles. The van der Waals surface area contributed by atoms with Gasteiger partial charge in [0.2, 0.25) is 0 Å². The van der Waals surface area contributed by atoms with Crippen molar-refractivity contribution >= 4 is 0 Å². The van der Waals surface area contributed by atoms with Crippen LogP contribution in [-0.2, 0) is 18.0 Å². The van der Waals surface area contributed by atoms with Crippen molar-refractivity contribution in [2.75, 3.05) is 0 Å². The number of benzene rings is 1. The minimum absolute atomic E-state index is 0.0149. The molecule has 2 atom stereocenters. The second-order valence-electron chi connectivity index (χ2n) is 8.55. The summed E-state index contributed by atoms with van der Waals surface area (Å²) >= 11 is 0. The second kappa shape index (κ2) is 14.7. The molecule has 0 aliphatic heterocycles. The predicted octanol–water partition coefficient (Wildman–Crippen LogP) is 7.49. The Kier molecular flexibility index (Phi) is 12.6. The summed E-state index contributed by atoms with van der Waals surface area (Å²) in [6.07, 6.45) is 10.1. The fourth-order valence-corrected chi connectivity index (χ4v) is 2.93. The Morgan fingerprint density at radius 2 is 1.35 bits per heavy atom. The zero-order valence-electron chi connectivity index (χ0n) is 20.2. The van der Waals surface area contributed by atoms with Crippen molar-refractivity contribution in [2.24, 2.45) is 5.41 Å². The van der Waals surface area contributed by atoms with E-state index in [0.29, 0.717) is 12.5 Å². The Hall–Kier alpha value is -2.30. The number of hydrogen-bond donors (Lipinski definition) is 1. The topological polar surface area (TPSA) is 39.3 Å². The summed E-state index contributed by atoms with van der Waals surface area (Å²) in [5.41, 5.74) is 1.43. The minimum atomic E-state index is -0.167. The molecule has 0 bridgehead atoms. The van der Waals surface area contributed by atoms with Crippen molar-refractivity contribution < 1.29 is 10.1 Å². The average Bonchev–Trinajstić information content (AvgIpc) is 3.52. The van der Waals surface area contributed by atoms with Crippen LogP contribution in [0.15, 0.2) is 79.4 Å². The predicted molar refractivity (Wildman–Crippen MR) is 131 cm³/mol. The molecule has 1 N–H and O–H groups in total. The molecular weight excluding hydrogens is 384 g/mol. The van der Waals surface area contributed by atoms with Gasteiger partial charge in [-0.15, -0.1) is 0 Å². The third-order valence-electron chi connectivity index (χ3n) is 5.97. The number of rotatable bonds is 8. The molecule has 1 aromatic carbocycles. The van der Waals surface area contributed by atoms with E-state index >= 15 is 0 Å². The zero-order chi connectivity index (χ0) is 23.1. The lowest BCUT2D eigenvalue weighted by Crippen LogP contribution is -2.34. The van der Waals surface area contributed by atoms with Crippen LogP contribution in [-0.4, -0.2) is 20.5 Å². The molecule has 0 radical (unpaired) electrons. The van der Waals surface area contributed by atoms with Crippen LogP contribution < -0.4 is 0 Å². The summed E-state index contributed by atoms with van der Waals surface area (Å²) in [4.78, 5) is 4.56. The first-order chi connectivity index (χ1) is 14.9. The van der Waals surface area contributed by atoms with Crippen LogP contribution in [0.5, 0.6) is 0 Å². The number of aromatic nitrogens is 2. The van der Waals surface area contributed by atoms with Crippen molar-refractivity contribution in [1.82, 2.24) is 9.13 Å². The van der Waals surface area contributed by atoms with Gasteiger partial charge in [-0.25, -0.2) is 4.89 Å². The molecule has 0 amide bonds. The maximum absolute atomic E-state index is 8.88. The molecule has 172 valence electrons. The van der Waals surface area contributed by atoms with E-state index in [4.69, 9.17) is 5.26 Å². The van der Waals surface area contributed by atoms with Crippen LogP contribution in [0.4, 0.5) is 0 Å². The largest absolute Gasteiger partial charge is 0.355 e. The highest BCUT2D eigenvalue weighted by Crippen LogP contribution is 2.27. The summed E-state index contributed by atoms with van der Waals surface area (Å²) in [5.74, 6) is 0.709. The maximum atomic E-state index is 8.88. The van der Waals surface area contributed by atoms with Crippen molar-refractivity contribution in [3.8, 4) is 0 Å². The minimum Gasteiger partial charge on any atom is -0.355 e. The molecule has 0 saturated heterocycles. The molecular formula is C27H42N2O2. The standard InChI is InChI=1S/C11H19NO2.C10H14.C6H9N/c1-4-11(2,3)10(14-13)9-12-7-5-6-8-12;1-3-9(2)10-7-5-4-6-8-10;1-2-7-5-3-4-6-7/h5-8,10,13H,4,9H2,1-3H3;4-9H,3H2,1-2H3;3-6H,2H2,1H3. The maximum Gasteiger partial charge on any atom is 0.116 e. The lowest BCUT2D eigenvalue weighted by molar-refractivity contribution is -0.304. The molecule has 3 aromatic rings. The fraction of sp³-hybridized carbons (Fsp3) is 0.481. The first-order valence-electron chi connectivity index (χ1n) is 11.4. The molecule has 4 heteroatoms. The fourth-order valence-electron chi connectivity index (χ4n) is 2.93. The quantitative estimate of drug-likeness (QED) is 0.299. The van der Waals surface area contributed by atoms with Gasteiger partial charge in [0.1, 0.15) is 6.10 Å². The molecule has 4 nitrogen and oxygen atoms in total. The molecule has 0 aliphatic rings. The van der Waals surface area contributed by atoms with Crippen molar-refractivity contribution in [3.63, 3.8) is 0 Å². The summed E-state index contributed by atoms with van der Waals surface area (Å²) in [5, 5.41) is 8.88. The number of nitrogens with zero attached hydrogens (tertiary/aromatic N) is 2. The monoisotopic (exact) mass is 426 g/mol. The van der Waals surface area contributed by atoms with Gasteiger partial charge >= 0.3 is 0 Å². The van der Waals surface area contributed by atoms with Crippen molar-refractivity contribution in [1.29, 1.82) is 0 Å². The molecule has 0 fully saturated rings. The SMILES string of the molecule is CCC(C)(C)C(Cn1cccc1)OO.CCC(C)c1ccccc1.CCn1cccc1. The van der Waals surface area contributed by atoms with Gasteiger partial charge in [-0.05, 0) is 60.9 Å². The van der Waals surface area contributed by atoms with Gasteiger partial charge in [0, 0.05) is 31.3 Å². The second-order valence-corrected chi connectivity index (χ2v) is 8.55. The Labute approximate surface area is 189 Å². The lowest BCUT2D eigenvalue weighted by atomic mass is 9.84. The average molecular weight is 427 g/mol. The van der Waals surface area contributed by atoms with Crippen LogP contribution in [0.2, 0.25) is 0 Å². The van der Waals surface area contributed by atoms with Crippen LogP contribution in [0, 0.1) is 5.41 Å². The summed E-state index contributed by atoms with van der Waals surface area (Å²) in [6, 6.07) is 18.6. The highest BCUT2D eigenvalue weighted by atomic mass is 17.1. The molecule has 2 unspecified atom stereocenters. The van der Waals surface area contributed by atoms with Gasteiger partial charge in [-0.2, -0.15) is 0 Å². The first-order valence-corrected chi connectivity index (χ1v) is 11.4. The summed E-state index contributed by atoms with van der Waals surface area (Å²) < 4.78 is 4.14. The van der Waals surface area contributed by atoms with E-state index in [-0.39, 0.29) is 11.5 Å². The van der Waals surface area contributed by atoms with Crippen LogP contribution >= 0.6 is 0 Å². The van der Waals surface area contributed by atoms with Gasteiger partial charge in [0.25, 0.3) is 0 Å². The Balaban J connectivity index is 0.000000247. The van der Waals surface area contributed by atoms with E-state index in [0.717, 1.165) is 13.0 Å². The number of aryl methyl sites for hydroxylation is 1. The van der Waals surface area contributed by atoms with Gasteiger partial charge in [-0.1, -0.05) is 65.0 Å². The third-order valence-corrected chi connectivity index (χ3v) is 5.97. The summed E-state index contributed by atoms with van der Waals surface area (Å²) in [6.45, 7) is 14.7. The van der Waals surface area contributed by atoms with E-state index in [2.05, 4.69) is 93.7 Å². The van der Waals surface area contributed by atoms with Crippen LogP contribution in [0.3, 0.4) is 0 Å². The molecule has 0 aliphatic carbocycles. The van der Waals surface area contributed by atoms with E-state index in [1.807, 2.05) is 41.2 Å². The van der Waals surface area contributed by atoms with Crippen LogP contribution in [0.25, 0.3) is 0 Å². The van der Waals surface area contributed by atoms with Crippen molar-refractivity contribution in [2.45, 2.75) is 79.5 Å². The molecule has 3 rings (SSSR count). The van der Waals surface area contributed by atoms with E-state index in [1.165, 1.54) is 12.0 Å². The number of hydrogen-bond acceptors (Lipinski definition) is 2. The Morgan fingerprint density at radius 3 is 1.74 bits per heavy atom. The molecule has 0 spiro atoms. The Morgan fingerprint density at radius 1 is 0.839 bits per heavy atom. The highest BCUT2D eigenvalue weighted by Gasteiger charge is 2.29. The zero-order valence-corrected chi connectivity index (χ0v) is 20.2. The van der Waals surface area contributed by atoms with E-state index < -0.39 is 0 Å². The molecule has 31 heavy (non-hydrogen) atoms.